The first kappa shape index (κ1) is 12.1. The van der Waals surface area contributed by atoms with Crippen molar-refractivity contribution in [3.05, 3.63) is 12.2 Å². The lowest BCUT2D eigenvalue weighted by atomic mass is 10.2. The highest BCUT2D eigenvalue weighted by Crippen LogP contribution is 2.00. The van der Waals surface area contributed by atoms with E-state index in [-0.39, 0.29) is 12.1 Å². The van der Waals surface area contributed by atoms with E-state index in [4.69, 9.17) is 4.74 Å². The van der Waals surface area contributed by atoms with Gasteiger partial charge in [-0.2, -0.15) is 5.10 Å². The Morgan fingerprint density at radius 1 is 1.53 bits per heavy atom. The van der Waals surface area contributed by atoms with Crippen LogP contribution in [0.5, 0.6) is 0 Å². The van der Waals surface area contributed by atoms with Gasteiger partial charge in [0.1, 0.15) is 12.2 Å². The van der Waals surface area contributed by atoms with Gasteiger partial charge < -0.3 is 10.1 Å². The fourth-order valence-corrected chi connectivity index (χ4v) is 1.28. The predicted octanol–water partition coefficient (Wildman–Crippen LogP) is 0.371. The van der Waals surface area contributed by atoms with Crippen molar-refractivity contribution in [2.24, 2.45) is 7.05 Å². The zero-order valence-electron chi connectivity index (χ0n) is 9.90. The minimum atomic E-state index is 0.264. The van der Waals surface area contributed by atoms with Crippen LogP contribution < -0.4 is 5.32 Å². The first-order valence-electron chi connectivity index (χ1n) is 5.25. The Hall–Kier alpha value is -0.940. The maximum Gasteiger partial charge on any atom is 0.138 e. The topological polar surface area (TPSA) is 52.0 Å². The van der Waals surface area contributed by atoms with Crippen LogP contribution in [0, 0.1) is 0 Å². The molecular weight excluding hydrogens is 192 g/mol. The Bertz CT molecular complexity index is 285. The lowest BCUT2D eigenvalue weighted by Gasteiger charge is -2.17. The van der Waals surface area contributed by atoms with Gasteiger partial charge in [-0.1, -0.05) is 0 Å². The van der Waals surface area contributed by atoms with Crippen LogP contribution in [0.4, 0.5) is 0 Å². The van der Waals surface area contributed by atoms with E-state index >= 15 is 0 Å². The number of aryl methyl sites for hydroxylation is 1. The average molecular weight is 212 g/mol. The summed E-state index contributed by atoms with van der Waals surface area (Å²) in [6, 6.07) is 0.287. The van der Waals surface area contributed by atoms with Crippen LogP contribution in [0.3, 0.4) is 0 Å². The number of nitrogens with one attached hydrogen (secondary N) is 1. The third kappa shape index (κ3) is 3.97. The molecule has 1 N–H and O–H groups in total. The highest BCUT2D eigenvalue weighted by molar-refractivity contribution is 4.88. The first-order valence-corrected chi connectivity index (χ1v) is 5.25. The molecule has 0 saturated carbocycles. The zero-order chi connectivity index (χ0) is 11.3. The van der Waals surface area contributed by atoms with Crippen LogP contribution >= 0.6 is 0 Å². The number of rotatable bonds is 6. The predicted molar refractivity (Wildman–Crippen MR) is 58.6 cm³/mol. The van der Waals surface area contributed by atoms with Crippen LogP contribution in [0.2, 0.25) is 0 Å². The summed E-state index contributed by atoms with van der Waals surface area (Å²) in [6.07, 6.45) is 2.67. The maximum absolute atomic E-state index is 5.56. The highest BCUT2D eigenvalue weighted by atomic mass is 16.5. The largest absolute Gasteiger partial charge is 0.377 e. The molecule has 86 valence electrons. The molecule has 5 nitrogen and oxygen atoms in total. The molecule has 0 aliphatic heterocycles. The lowest BCUT2D eigenvalue weighted by molar-refractivity contribution is 0.0622. The molecule has 0 aromatic carbocycles. The summed E-state index contributed by atoms with van der Waals surface area (Å²) in [4.78, 5) is 4.19. The Morgan fingerprint density at radius 3 is 2.73 bits per heavy atom. The van der Waals surface area contributed by atoms with Crippen molar-refractivity contribution in [3.8, 4) is 0 Å². The lowest BCUT2D eigenvalue weighted by Crippen LogP contribution is -2.34. The molecule has 0 spiro atoms. The van der Waals surface area contributed by atoms with Gasteiger partial charge in [0.15, 0.2) is 0 Å². The molecule has 0 saturated heterocycles. The molecule has 1 unspecified atom stereocenters. The summed E-state index contributed by atoms with van der Waals surface area (Å²) in [5.74, 6) is 0.974. The Morgan fingerprint density at radius 2 is 2.27 bits per heavy atom. The number of hydrogen-bond acceptors (Lipinski definition) is 4. The van der Waals surface area contributed by atoms with E-state index in [0.29, 0.717) is 6.61 Å². The van der Waals surface area contributed by atoms with Gasteiger partial charge >= 0.3 is 0 Å². The van der Waals surface area contributed by atoms with Crippen molar-refractivity contribution < 1.29 is 4.74 Å². The molecule has 15 heavy (non-hydrogen) atoms. The maximum atomic E-state index is 5.56. The number of likely N-dealkylation sites (N-methyl/N-ethyl adjacent to an activating group) is 1. The Kier molecular flexibility index (Phi) is 4.71. The molecule has 0 fully saturated rings. The van der Waals surface area contributed by atoms with Crippen molar-refractivity contribution in [2.75, 3.05) is 13.7 Å². The van der Waals surface area contributed by atoms with Gasteiger partial charge in [0.25, 0.3) is 0 Å². The molecule has 1 aromatic heterocycles. The summed E-state index contributed by atoms with van der Waals surface area (Å²) in [5.41, 5.74) is 0. The van der Waals surface area contributed by atoms with E-state index in [1.54, 1.807) is 11.0 Å². The van der Waals surface area contributed by atoms with Gasteiger partial charge in [-0.3, -0.25) is 4.68 Å². The van der Waals surface area contributed by atoms with Crippen LogP contribution in [-0.4, -0.2) is 40.6 Å². The second kappa shape index (κ2) is 5.82. The van der Waals surface area contributed by atoms with E-state index in [2.05, 4.69) is 15.4 Å². The standard InChI is InChI=1S/C10H20N4O/c1-8(2)15-6-9(11-3)5-10-12-7-13-14(10)4/h7-9,11H,5-6H2,1-4H3. The molecule has 0 aliphatic carbocycles. The van der Waals surface area contributed by atoms with Crippen molar-refractivity contribution >= 4 is 0 Å². The minimum absolute atomic E-state index is 0.264. The van der Waals surface area contributed by atoms with E-state index in [1.165, 1.54) is 0 Å². The second-order valence-electron chi connectivity index (χ2n) is 3.87. The van der Waals surface area contributed by atoms with Crippen LogP contribution in [0.15, 0.2) is 6.33 Å². The summed E-state index contributed by atoms with van der Waals surface area (Å²) in [5, 5.41) is 7.25. The Labute approximate surface area is 90.8 Å². The summed E-state index contributed by atoms with van der Waals surface area (Å²) in [7, 11) is 3.84. The first-order chi connectivity index (χ1) is 7.13. The molecule has 0 radical (unpaired) electrons. The van der Waals surface area contributed by atoms with Crippen LogP contribution in [0.25, 0.3) is 0 Å². The summed E-state index contributed by atoms with van der Waals surface area (Å²) in [6.45, 7) is 4.77. The molecular formula is C10H20N4O. The van der Waals surface area contributed by atoms with Gasteiger partial charge in [-0.15, -0.1) is 0 Å². The molecule has 1 aromatic rings. The van der Waals surface area contributed by atoms with Crippen molar-refractivity contribution in [1.29, 1.82) is 0 Å². The fourth-order valence-electron chi connectivity index (χ4n) is 1.28. The van der Waals surface area contributed by atoms with Crippen molar-refractivity contribution in [2.45, 2.75) is 32.4 Å². The van der Waals surface area contributed by atoms with E-state index in [1.807, 2.05) is 27.9 Å². The van der Waals surface area contributed by atoms with E-state index in [0.717, 1.165) is 12.2 Å². The zero-order valence-corrected chi connectivity index (χ0v) is 9.90. The van der Waals surface area contributed by atoms with Crippen molar-refractivity contribution in [3.63, 3.8) is 0 Å². The van der Waals surface area contributed by atoms with Gasteiger partial charge in [0, 0.05) is 19.5 Å². The van der Waals surface area contributed by atoms with E-state index < -0.39 is 0 Å². The Balaban J connectivity index is 2.43. The highest BCUT2D eigenvalue weighted by Gasteiger charge is 2.11. The number of ether oxygens (including phenoxy) is 1. The quantitative estimate of drug-likeness (QED) is 0.740. The fraction of sp³-hybridized carbons (Fsp3) is 0.800. The molecule has 1 heterocycles. The third-order valence-corrected chi connectivity index (χ3v) is 2.27. The minimum Gasteiger partial charge on any atom is -0.377 e. The monoisotopic (exact) mass is 212 g/mol. The van der Waals surface area contributed by atoms with Crippen molar-refractivity contribution in [1.82, 2.24) is 20.1 Å². The normalized spacial score (nSPS) is 13.4. The molecule has 5 heteroatoms. The number of nitrogens with zero attached hydrogens (tertiary/aromatic N) is 3. The number of hydrogen-bond donors (Lipinski definition) is 1. The van der Waals surface area contributed by atoms with Gasteiger partial charge in [-0.25, -0.2) is 4.98 Å². The molecule has 0 amide bonds. The average Bonchev–Trinajstić information content (AvgIpc) is 2.58. The SMILES string of the molecule is CNC(COC(C)C)Cc1ncnn1C. The van der Waals surface area contributed by atoms with Crippen LogP contribution in [-0.2, 0) is 18.2 Å². The molecule has 0 bridgehead atoms. The third-order valence-electron chi connectivity index (χ3n) is 2.27. The van der Waals surface area contributed by atoms with Gasteiger partial charge in [0.05, 0.1) is 12.7 Å². The number of aromatic nitrogens is 3. The molecule has 1 rings (SSSR count). The van der Waals surface area contributed by atoms with Gasteiger partial charge in [-0.05, 0) is 20.9 Å². The molecule has 1 atom stereocenters. The van der Waals surface area contributed by atoms with E-state index in [9.17, 15) is 0 Å². The van der Waals surface area contributed by atoms with Crippen LogP contribution in [0.1, 0.15) is 19.7 Å². The smallest absolute Gasteiger partial charge is 0.138 e. The van der Waals surface area contributed by atoms with Gasteiger partial charge in [0.2, 0.25) is 0 Å². The summed E-state index contributed by atoms with van der Waals surface area (Å²) >= 11 is 0. The summed E-state index contributed by atoms with van der Waals surface area (Å²) < 4.78 is 7.35. The second-order valence-corrected chi connectivity index (χ2v) is 3.87. The molecule has 0 aliphatic rings.